The van der Waals surface area contributed by atoms with Gasteiger partial charge in [0.15, 0.2) is 0 Å². The van der Waals surface area contributed by atoms with Crippen molar-refractivity contribution in [2.24, 2.45) is 0 Å². The van der Waals surface area contributed by atoms with Crippen LogP contribution in [0, 0.1) is 13.8 Å². The fourth-order valence-electron chi connectivity index (χ4n) is 0.840. The Morgan fingerprint density at radius 1 is 1.56 bits per heavy atom. The first-order valence-electron chi connectivity index (χ1n) is 2.91. The van der Waals surface area contributed by atoms with Gasteiger partial charge in [-0.2, -0.15) is 12.6 Å². The van der Waals surface area contributed by atoms with Crippen LogP contribution >= 0.6 is 24.0 Å². The Morgan fingerprint density at radius 2 is 2.22 bits per heavy atom. The van der Waals surface area contributed by atoms with Gasteiger partial charge in [0.1, 0.15) is 0 Å². The molecule has 0 radical (unpaired) electrons. The summed E-state index contributed by atoms with van der Waals surface area (Å²) < 4.78 is 0. The molecule has 0 bridgehead atoms. The number of hydrogen-bond acceptors (Lipinski definition) is 2. The predicted molar refractivity (Wildman–Crippen MR) is 46.5 cm³/mol. The maximum atomic E-state index is 4.20. The quantitative estimate of drug-likeness (QED) is 0.597. The van der Waals surface area contributed by atoms with Crippen LogP contribution in [-0.4, -0.2) is 0 Å². The molecule has 1 rings (SSSR count). The van der Waals surface area contributed by atoms with E-state index in [0.717, 1.165) is 5.75 Å². The van der Waals surface area contributed by atoms with E-state index < -0.39 is 0 Å². The normalized spacial score (nSPS) is 10.1. The molecule has 0 atom stereocenters. The Bertz CT molecular complexity index is 201. The lowest BCUT2D eigenvalue weighted by atomic mass is 10.3. The van der Waals surface area contributed by atoms with E-state index in [-0.39, 0.29) is 0 Å². The molecule has 9 heavy (non-hydrogen) atoms. The maximum absolute atomic E-state index is 4.20. The molecule has 0 N–H and O–H groups in total. The SMILES string of the molecule is Cc1cc(CS)c(C)s1. The van der Waals surface area contributed by atoms with Crippen LogP contribution in [0.2, 0.25) is 0 Å². The van der Waals surface area contributed by atoms with Crippen LogP contribution in [0.4, 0.5) is 0 Å². The second-order valence-electron chi connectivity index (χ2n) is 2.10. The summed E-state index contributed by atoms with van der Waals surface area (Å²) in [6, 6.07) is 2.20. The molecule has 0 aliphatic rings. The summed E-state index contributed by atoms with van der Waals surface area (Å²) in [5.41, 5.74) is 1.38. The first kappa shape index (κ1) is 7.16. The van der Waals surface area contributed by atoms with Crippen molar-refractivity contribution in [2.45, 2.75) is 19.6 Å². The highest BCUT2D eigenvalue weighted by Gasteiger charge is 1.98. The highest BCUT2D eigenvalue weighted by Crippen LogP contribution is 2.21. The van der Waals surface area contributed by atoms with Gasteiger partial charge >= 0.3 is 0 Å². The van der Waals surface area contributed by atoms with E-state index >= 15 is 0 Å². The van der Waals surface area contributed by atoms with Crippen molar-refractivity contribution in [2.75, 3.05) is 0 Å². The molecule has 1 heterocycles. The van der Waals surface area contributed by atoms with Gasteiger partial charge in [0.05, 0.1) is 0 Å². The molecule has 0 nitrogen and oxygen atoms in total. The third-order valence-corrected chi connectivity index (χ3v) is 2.66. The van der Waals surface area contributed by atoms with Crippen molar-refractivity contribution in [3.63, 3.8) is 0 Å². The van der Waals surface area contributed by atoms with E-state index in [1.54, 1.807) is 0 Å². The van der Waals surface area contributed by atoms with E-state index in [4.69, 9.17) is 0 Å². The molecule has 0 unspecified atom stereocenters. The average Bonchev–Trinajstić information content (AvgIpc) is 2.10. The molecule has 50 valence electrons. The maximum Gasteiger partial charge on any atom is 0.0165 e. The summed E-state index contributed by atoms with van der Waals surface area (Å²) in [4.78, 5) is 2.79. The van der Waals surface area contributed by atoms with Gasteiger partial charge in [-0.15, -0.1) is 11.3 Å². The number of hydrogen-bond donors (Lipinski definition) is 1. The van der Waals surface area contributed by atoms with Crippen molar-refractivity contribution in [3.8, 4) is 0 Å². The molecular weight excluding hydrogens is 148 g/mol. The van der Waals surface area contributed by atoms with Crippen LogP contribution in [0.25, 0.3) is 0 Å². The molecular formula is C7H10S2. The zero-order chi connectivity index (χ0) is 6.85. The average molecular weight is 158 g/mol. The van der Waals surface area contributed by atoms with Gasteiger partial charge in [-0.25, -0.2) is 0 Å². The molecule has 1 aromatic heterocycles. The zero-order valence-electron chi connectivity index (χ0n) is 5.64. The van der Waals surface area contributed by atoms with Crippen molar-refractivity contribution in [3.05, 3.63) is 21.4 Å². The third kappa shape index (κ3) is 1.49. The molecule has 0 saturated heterocycles. The molecule has 0 aliphatic heterocycles. The van der Waals surface area contributed by atoms with Crippen molar-refractivity contribution < 1.29 is 0 Å². The second-order valence-corrected chi connectivity index (χ2v) is 3.87. The largest absolute Gasteiger partial charge is 0.175 e. The Labute approximate surface area is 65.3 Å². The van der Waals surface area contributed by atoms with E-state index in [2.05, 4.69) is 32.5 Å². The summed E-state index contributed by atoms with van der Waals surface area (Å²) in [6.07, 6.45) is 0. The van der Waals surface area contributed by atoms with Gasteiger partial charge in [-0.3, -0.25) is 0 Å². The minimum absolute atomic E-state index is 0.871. The van der Waals surface area contributed by atoms with Crippen LogP contribution < -0.4 is 0 Å². The van der Waals surface area contributed by atoms with Crippen molar-refractivity contribution in [1.82, 2.24) is 0 Å². The molecule has 0 spiro atoms. The lowest BCUT2D eigenvalue weighted by molar-refractivity contribution is 1.39. The van der Waals surface area contributed by atoms with Gasteiger partial charge in [0.2, 0.25) is 0 Å². The van der Waals surface area contributed by atoms with Crippen LogP contribution in [0.15, 0.2) is 6.07 Å². The first-order valence-corrected chi connectivity index (χ1v) is 4.35. The van der Waals surface area contributed by atoms with Gasteiger partial charge in [0, 0.05) is 15.5 Å². The Balaban J connectivity index is 3.01. The summed E-state index contributed by atoms with van der Waals surface area (Å²) in [6.45, 7) is 4.27. The lowest BCUT2D eigenvalue weighted by Crippen LogP contribution is -1.71. The Morgan fingerprint density at radius 3 is 2.44 bits per heavy atom. The Kier molecular flexibility index (Phi) is 2.19. The summed E-state index contributed by atoms with van der Waals surface area (Å²) in [5.74, 6) is 0.871. The molecule has 0 saturated carbocycles. The predicted octanol–water partition coefficient (Wildman–Crippen LogP) is 2.79. The molecule has 0 fully saturated rings. The fraction of sp³-hybridized carbons (Fsp3) is 0.429. The van der Waals surface area contributed by atoms with Gasteiger partial charge in [-0.05, 0) is 25.5 Å². The van der Waals surface area contributed by atoms with Crippen molar-refractivity contribution >= 4 is 24.0 Å². The first-order chi connectivity index (χ1) is 4.24. The van der Waals surface area contributed by atoms with Gasteiger partial charge in [-0.1, -0.05) is 0 Å². The summed E-state index contributed by atoms with van der Waals surface area (Å²) >= 11 is 6.04. The van der Waals surface area contributed by atoms with Crippen LogP contribution in [-0.2, 0) is 5.75 Å². The summed E-state index contributed by atoms with van der Waals surface area (Å²) in [7, 11) is 0. The number of rotatable bonds is 1. The van der Waals surface area contributed by atoms with E-state index in [1.165, 1.54) is 15.3 Å². The second kappa shape index (κ2) is 2.76. The number of aryl methyl sites for hydroxylation is 2. The van der Waals surface area contributed by atoms with Crippen molar-refractivity contribution in [1.29, 1.82) is 0 Å². The smallest absolute Gasteiger partial charge is 0.0165 e. The standard InChI is InChI=1S/C7H10S2/c1-5-3-7(4-8)6(2)9-5/h3,8H,4H2,1-2H3. The van der Waals surface area contributed by atoms with Crippen LogP contribution in [0.3, 0.4) is 0 Å². The topological polar surface area (TPSA) is 0 Å². The molecule has 0 aromatic carbocycles. The summed E-state index contributed by atoms with van der Waals surface area (Å²) in [5, 5.41) is 0. The molecule has 0 aliphatic carbocycles. The minimum Gasteiger partial charge on any atom is -0.175 e. The highest BCUT2D eigenvalue weighted by molar-refractivity contribution is 7.79. The fourth-order valence-corrected chi connectivity index (χ4v) is 2.22. The van der Waals surface area contributed by atoms with E-state index in [1.807, 2.05) is 11.3 Å². The van der Waals surface area contributed by atoms with Crippen LogP contribution in [0.1, 0.15) is 15.3 Å². The zero-order valence-corrected chi connectivity index (χ0v) is 7.35. The van der Waals surface area contributed by atoms with E-state index in [9.17, 15) is 0 Å². The van der Waals surface area contributed by atoms with Gasteiger partial charge < -0.3 is 0 Å². The molecule has 0 amide bonds. The monoisotopic (exact) mass is 158 g/mol. The molecule has 1 aromatic rings. The highest BCUT2D eigenvalue weighted by atomic mass is 32.1. The lowest BCUT2D eigenvalue weighted by Gasteiger charge is -1.87. The minimum atomic E-state index is 0.871. The molecule has 2 heteroatoms. The van der Waals surface area contributed by atoms with Crippen LogP contribution in [0.5, 0.6) is 0 Å². The third-order valence-electron chi connectivity index (χ3n) is 1.31. The van der Waals surface area contributed by atoms with E-state index in [0.29, 0.717) is 0 Å². The van der Waals surface area contributed by atoms with Gasteiger partial charge in [0.25, 0.3) is 0 Å². The Hall–Kier alpha value is 0.0500. The number of thiol groups is 1. The number of thiophene rings is 1.